The molecule has 0 aromatic carbocycles. The van der Waals surface area contributed by atoms with E-state index in [1.54, 1.807) is 6.20 Å². The number of hydrogen-bond donors (Lipinski definition) is 1. The van der Waals surface area contributed by atoms with Crippen LogP contribution in [0, 0.1) is 5.92 Å². The number of rotatable bonds is 4. The van der Waals surface area contributed by atoms with E-state index >= 15 is 0 Å². The van der Waals surface area contributed by atoms with Crippen molar-refractivity contribution >= 4 is 5.91 Å². The molecule has 0 radical (unpaired) electrons. The molecule has 2 aromatic heterocycles. The number of carbonyl (C=O) groups excluding carboxylic acids is 1. The smallest absolute Gasteiger partial charge is 0.290 e. The van der Waals surface area contributed by atoms with Crippen molar-refractivity contribution in [2.45, 2.75) is 45.6 Å². The summed E-state index contributed by atoms with van der Waals surface area (Å²) in [4.78, 5) is 17.0. The third-order valence-electron chi connectivity index (χ3n) is 4.26. The summed E-state index contributed by atoms with van der Waals surface area (Å²) in [5.41, 5.74) is 1.92. The summed E-state index contributed by atoms with van der Waals surface area (Å²) >= 11 is 0. The lowest BCUT2D eigenvalue weighted by Crippen LogP contribution is -2.33. The van der Waals surface area contributed by atoms with Gasteiger partial charge in [-0.15, -0.1) is 0 Å². The first kappa shape index (κ1) is 14.8. The van der Waals surface area contributed by atoms with E-state index in [1.807, 2.05) is 17.8 Å². The predicted octanol–water partition coefficient (Wildman–Crippen LogP) is 2.41. The Morgan fingerprint density at radius 2 is 2.14 bits per heavy atom. The molecule has 3 rings (SSSR count). The quantitative estimate of drug-likeness (QED) is 0.941. The lowest BCUT2D eigenvalue weighted by atomic mass is 9.95. The maximum absolute atomic E-state index is 12.6. The molecule has 22 heavy (non-hydrogen) atoms. The second kappa shape index (κ2) is 5.94. The van der Waals surface area contributed by atoms with Gasteiger partial charge < -0.3 is 14.4 Å². The molecule has 1 amide bonds. The SMILES string of the molecule is CC(C)[C@@H](NC(=O)c1onc2c1CCCC2)c1nccn1C. The van der Waals surface area contributed by atoms with E-state index in [9.17, 15) is 4.79 Å². The Hall–Kier alpha value is -2.11. The molecular formula is C16H22N4O2. The molecule has 1 N–H and O–H groups in total. The normalized spacial score (nSPS) is 15.6. The molecule has 0 fully saturated rings. The highest BCUT2D eigenvalue weighted by Crippen LogP contribution is 2.25. The minimum Gasteiger partial charge on any atom is -0.350 e. The van der Waals surface area contributed by atoms with Crippen molar-refractivity contribution in [1.29, 1.82) is 0 Å². The Kier molecular flexibility index (Phi) is 4.00. The maximum Gasteiger partial charge on any atom is 0.290 e. The number of amides is 1. The first-order valence-corrected chi connectivity index (χ1v) is 7.83. The summed E-state index contributed by atoms with van der Waals surface area (Å²) < 4.78 is 7.25. The molecule has 0 aliphatic heterocycles. The van der Waals surface area contributed by atoms with E-state index in [4.69, 9.17) is 4.52 Å². The van der Waals surface area contributed by atoms with Crippen molar-refractivity contribution in [2.24, 2.45) is 13.0 Å². The van der Waals surface area contributed by atoms with Gasteiger partial charge >= 0.3 is 0 Å². The number of aryl methyl sites for hydroxylation is 2. The van der Waals surface area contributed by atoms with E-state index in [1.165, 1.54) is 0 Å². The van der Waals surface area contributed by atoms with E-state index < -0.39 is 0 Å². The van der Waals surface area contributed by atoms with Gasteiger partial charge in [0.05, 0.1) is 11.7 Å². The number of hydrogen-bond acceptors (Lipinski definition) is 4. The van der Waals surface area contributed by atoms with E-state index in [0.29, 0.717) is 5.76 Å². The number of nitrogens with one attached hydrogen (secondary N) is 1. The van der Waals surface area contributed by atoms with Crippen molar-refractivity contribution in [3.8, 4) is 0 Å². The number of nitrogens with zero attached hydrogens (tertiary/aromatic N) is 3. The second-order valence-corrected chi connectivity index (χ2v) is 6.24. The van der Waals surface area contributed by atoms with Crippen LogP contribution < -0.4 is 5.32 Å². The second-order valence-electron chi connectivity index (χ2n) is 6.24. The fourth-order valence-corrected chi connectivity index (χ4v) is 2.98. The van der Waals surface area contributed by atoms with Crippen molar-refractivity contribution in [1.82, 2.24) is 20.0 Å². The molecule has 6 nitrogen and oxygen atoms in total. The molecular weight excluding hydrogens is 280 g/mol. The average Bonchev–Trinajstić information content (AvgIpc) is 3.10. The van der Waals surface area contributed by atoms with Crippen LogP contribution in [0.15, 0.2) is 16.9 Å². The zero-order valence-corrected chi connectivity index (χ0v) is 13.3. The molecule has 0 saturated carbocycles. The summed E-state index contributed by atoms with van der Waals surface area (Å²) in [7, 11) is 1.93. The van der Waals surface area contributed by atoms with Crippen LogP contribution in [0.25, 0.3) is 0 Å². The van der Waals surface area contributed by atoms with Crippen LogP contribution in [0.1, 0.15) is 60.4 Å². The van der Waals surface area contributed by atoms with Crippen LogP contribution in [-0.2, 0) is 19.9 Å². The summed E-state index contributed by atoms with van der Waals surface area (Å²) in [5, 5.41) is 7.11. The summed E-state index contributed by atoms with van der Waals surface area (Å²) in [6, 6.07) is -0.156. The third kappa shape index (κ3) is 2.65. The lowest BCUT2D eigenvalue weighted by Gasteiger charge is -2.21. The average molecular weight is 302 g/mol. The van der Waals surface area contributed by atoms with E-state index in [2.05, 4.69) is 29.3 Å². The van der Waals surface area contributed by atoms with Crippen LogP contribution in [0.3, 0.4) is 0 Å². The number of carbonyl (C=O) groups is 1. The van der Waals surface area contributed by atoms with Crippen LogP contribution in [0.5, 0.6) is 0 Å². The standard InChI is InChI=1S/C16H22N4O2/c1-10(2)13(15-17-8-9-20(15)3)18-16(21)14-11-6-4-5-7-12(11)19-22-14/h8-10,13H,4-7H2,1-3H3,(H,18,21)/t13-/m1/s1. The highest BCUT2D eigenvalue weighted by molar-refractivity contribution is 5.93. The van der Waals surface area contributed by atoms with Gasteiger partial charge in [0.15, 0.2) is 0 Å². The Bertz CT molecular complexity index is 671. The highest BCUT2D eigenvalue weighted by atomic mass is 16.5. The monoisotopic (exact) mass is 302 g/mol. The molecule has 1 aliphatic rings. The van der Waals surface area contributed by atoms with Crippen molar-refractivity contribution in [2.75, 3.05) is 0 Å². The van der Waals surface area contributed by atoms with Gasteiger partial charge in [-0.25, -0.2) is 4.98 Å². The Balaban J connectivity index is 1.83. The molecule has 1 aliphatic carbocycles. The summed E-state index contributed by atoms with van der Waals surface area (Å²) in [5.74, 6) is 1.24. The molecule has 118 valence electrons. The van der Waals surface area contributed by atoms with Crippen LogP contribution in [0.4, 0.5) is 0 Å². The number of aromatic nitrogens is 3. The Morgan fingerprint density at radius 1 is 1.36 bits per heavy atom. The van der Waals surface area contributed by atoms with Crippen molar-refractivity contribution < 1.29 is 9.32 Å². The van der Waals surface area contributed by atoms with Crippen LogP contribution in [-0.4, -0.2) is 20.6 Å². The molecule has 1 atom stereocenters. The first-order chi connectivity index (χ1) is 10.6. The maximum atomic E-state index is 12.6. The molecule has 0 unspecified atom stereocenters. The van der Waals surface area contributed by atoms with E-state index in [0.717, 1.165) is 42.8 Å². The number of imidazole rings is 1. The fraction of sp³-hybridized carbons (Fsp3) is 0.562. The minimum absolute atomic E-state index is 0.156. The van der Waals surface area contributed by atoms with Gasteiger partial charge in [-0.3, -0.25) is 4.79 Å². The fourth-order valence-electron chi connectivity index (χ4n) is 2.98. The zero-order valence-electron chi connectivity index (χ0n) is 13.3. The topological polar surface area (TPSA) is 73.0 Å². The van der Waals surface area contributed by atoms with Gasteiger partial charge in [-0.05, 0) is 31.6 Å². The summed E-state index contributed by atoms with van der Waals surface area (Å²) in [6.07, 6.45) is 7.60. The molecule has 2 heterocycles. The molecule has 6 heteroatoms. The Morgan fingerprint density at radius 3 is 2.82 bits per heavy atom. The van der Waals surface area contributed by atoms with Crippen LogP contribution >= 0.6 is 0 Å². The summed E-state index contributed by atoms with van der Waals surface area (Å²) in [6.45, 7) is 4.13. The van der Waals surface area contributed by atoms with Gasteiger partial charge in [0.25, 0.3) is 5.91 Å². The van der Waals surface area contributed by atoms with Crippen molar-refractivity contribution in [3.63, 3.8) is 0 Å². The molecule has 2 aromatic rings. The van der Waals surface area contributed by atoms with E-state index in [-0.39, 0.29) is 17.9 Å². The molecule has 0 saturated heterocycles. The lowest BCUT2D eigenvalue weighted by molar-refractivity contribution is 0.0883. The van der Waals surface area contributed by atoms with Crippen LogP contribution in [0.2, 0.25) is 0 Å². The Labute approximate surface area is 129 Å². The van der Waals surface area contributed by atoms with Gasteiger partial charge in [-0.1, -0.05) is 19.0 Å². The highest BCUT2D eigenvalue weighted by Gasteiger charge is 2.28. The first-order valence-electron chi connectivity index (χ1n) is 7.83. The predicted molar refractivity (Wildman–Crippen MR) is 81.4 cm³/mol. The van der Waals surface area contributed by atoms with Gasteiger partial charge in [0, 0.05) is 25.0 Å². The van der Waals surface area contributed by atoms with Gasteiger partial charge in [-0.2, -0.15) is 0 Å². The molecule has 0 spiro atoms. The minimum atomic E-state index is -0.197. The zero-order chi connectivity index (χ0) is 15.7. The largest absolute Gasteiger partial charge is 0.350 e. The number of fused-ring (bicyclic) bond motifs is 1. The van der Waals surface area contributed by atoms with Gasteiger partial charge in [0.1, 0.15) is 5.82 Å². The molecule has 0 bridgehead atoms. The van der Waals surface area contributed by atoms with Crippen molar-refractivity contribution in [3.05, 3.63) is 35.2 Å². The third-order valence-corrected chi connectivity index (χ3v) is 4.26. The van der Waals surface area contributed by atoms with Gasteiger partial charge in [0.2, 0.25) is 5.76 Å².